The Labute approximate surface area is 175 Å². The van der Waals surface area contributed by atoms with Gasteiger partial charge >= 0.3 is 0 Å². The van der Waals surface area contributed by atoms with Gasteiger partial charge in [0.2, 0.25) is 5.95 Å². The third-order valence-corrected chi connectivity index (χ3v) is 6.87. The number of hydrogen-bond acceptors (Lipinski definition) is 5. The van der Waals surface area contributed by atoms with Crippen LogP contribution in [0.1, 0.15) is 45.4 Å². The highest BCUT2D eigenvalue weighted by Crippen LogP contribution is 2.43. The number of nitrogens with one attached hydrogen (secondary N) is 1. The minimum atomic E-state index is 0.574. The van der Waals surface area contributed by atoms with E-state index in [1.807, 2.05) is 18.5 Å². The molecule has 2 saturated heterocycles. The van der Waals surface area contributed by atoms with Gasteiger partial charge in [0.15, 0.2) is 5.96 Å². The molecule has 3 aliphatic rings. The first kappa shape index (κ1) is 20.4. The lowest BCUT2D eigenvalue weighted by molar-refractivity contribution is 0.203. The third-order valence-electron chi connectivity index (χ3n) is 6.87. The van der Waals surface area contributed by atoms with Gasteiger partial charge in [-0.05, 0) is 37.7 Å². The third kappa shape index (κ3) is 5.18. The van der Waals surface area contributed by atoms with Crippen LogP contribution in [0.3, 0.4) is 0 Å². The Morgan fingerprint density at radius 1 is 1.03 bits per heavy atom. The highest BCUT2D eigenvalue weighted by molar-refractivity contribution is 5.80. The van der Waals surface area contributed by atoms with Crippen molar-refractivity contribution in [3.05, 3.63) is 18.5 Å². The number of aromatic nitrogens is 2. The maximum absolute atomic E-state index is 5.00. The summed E-state index contributed by atoms with van der Waals surface area (Å²) in [7, 11) is 0. The minimum Gasteiger partial charge on any atom is -0.357 e. The quantitative estimate of drug-likeness (QED) is 0.605. The molecule has 1 saturated carbocycles. The molecule has 1 N–H and O–H groups in total. The number of nitrogens with zero attached hydrogens (tertiary/aromatic N) is 6. The summed E-state index contributed by atoms with van der Waals surface area (Å²) in [4.78, 5) is 21.1. The van der Waals surface area contributed by atoms with Crippen LogP contribution < -0.4 is 10.2 Å². The summed E-state index contributed by atoms with van der Waals surface area (Å²) in [6, 6.07) is 1.87. The summed E-state index contributed by atoms with van der Waals surface area (Å²) in [5.41, 5.74) is 0.574. The van der Waals surface area contributed by atoms with Crippen LogP contribution in [0.15, 0.2) is 23.5 Å². The van der Waals surface area contributed by atoms with Crippen molar-refractivity contribution < 1.29 is 0 Å². The molecule has 4 rings (SSSR count). The molecule has 1 aromatic rings. The van der Waals surface area contributed by atoms with Crippen LogP contribution in [-0.4, -0.2) is 84.6 Å². The SMILES string of the molecule is CCNC(=NCCN1CCN(c2ncccn2)CC1)N1CCC2(CCCCC2)C1. The molecular weight excluding hydrogens is 362 g/mol. The van der Waals surface area contributed by atoms with Crippen LogP contribution in [0.5, 0.6) is 0 Å². The topological polar surface area (TPSA) is 59.9 Å². The van der Waals surface area contributed by atoms with Gasteiger partial charge in [0.1, 0.15) is 0 Å². The molecule has 0 amide bonds. The van der Waals surface area contributed by atoms with Crippen LogP contribution in [0.25, 0.3) is 0 Å². The fourth-order valence-electron chi connectivity index (χ4n) is 5.17. The lowest BCUT2D eigenvalue weighted by Gasteiger charge is -2.34. The van der Waals surface area contributed by atoms with E-state index in [2.05, 4.69) is 36.9 Å². The molecule has 1 aliphatic carbocycles. The number of piperazine rings is 1. The van der Waals surface area contributed by atoms with Crippen LogP contribution >= 0.6 is 0 Å². The average molecular weight is 400 g/mol. The maximum Gasteiger partial charge on any atom is 0.225 e. The number of guanidine groups is 1. The number of rotatable bonds is 5. The monoisotopic (exact) mass is 399 g/mol. The largest absolute Gasteiger partial charge is 0.357 e. The molecule has 3 fully saturated rings. The molecule has 2 aliphatic heterocycles. The average Bonchev–Trinajstić information content (AvgIpc) is 3.18. The zero-order valence-electron chi connectivity index (χ0n) is 18.0. The van der Waals surface area contributed by atoms with E-state index in [0.717, 1.165) is 57.7 Å². The van der Waals surface area contributed by atoms with Crippen molar-refractivity contribution in [1.29, 1.82) is 0 Å². The fourth-order valence-corrected chi connectivity index (χ4v) is 5.17. The molecule has 1 aromatic heterocycles. The number of likely N-dealkylation sites (tertiary alicyclic amines) is 1. The van der Waals surface area contributed by atoms with Gasteiger partial charge in [-0.3, -0.25) is 9.89 Å². The van der Waals surface area contributed by atoms with E-state index in [9.17, 15) is 0 Å². The number of anilines is 1. The smallest absolute Gasteiger partial charge is 0.225 e. The van der Waals surface area contributed by atoms with E-state index < -0.39 is 0 Å². The van der Waals surface area contributed by atoms with Gasteiger partial charge < -0.3 is 15.1 Å². The van der Waals surface area contributed by atoms with Crippen LogP contribution in [0, 0.1) is 5.41 Å². The van der Waals surface area contributed by atoms with Crippen molar-refractivity contribution in [2.24, 2.45) is 10.4 Å². The van der Waals surface area contributed by atoms with Gasteiger partial charge in [-0.25, -0.2) is 9.97 Å². The summed E-state index contributed by atoms with van der Waals surface area (Å²) in [6.07, 6.45) is 12.1. The molecular formula is C22H37N7. The highest BCUT2D eigenvalue weighted by Gasteiger charge is 2.39. The first-order valence-corrected chi connectivity index (χ1v) is 11.6. The van der Waals surface area contributed by atoms with E-state index in [1.54, 1.807) is 0 Å². The lowest BCUT2D eigenvalue weighted by Crippen LogP contribution is -2.48. The first-order valence-electron chi connectivity index (χ1n) is 11.6. The predicted octanol–water partition coefficient (Wildman–Crippen LogP) is 2.22. The van der Waals surface area contributed by atoms with Gasteiger partial charge in [-0.2, -0.15) is 0 Å². The van der Waals surface area contributed by atoms with Crippen molar-refractivity contribution in [2.45, 2.75) is 45.4 Å². The van der Waals surface area contributed by atoms with Crippen LogP contribution in [0.4, 0.5) is 5.95 Å². The van der Waals surface area contributed by atoms with E-state index in [4.69, 9.17) is 4.99 Å². The molecule has 0 radical (unpaired) electrons. The Hall–Kier alpha value is -1.89. The van der Waals surface area contributed by atoms with Crippen LogP contribution in [-0.2, 0) is 0 Å². The van der Waals surface area contributed by atoms with Gasteiger partial charge in [-0.1, -0.05) is 19.3 Å². The maximum atomic E-state index is 5.00. The second kappa shape index (κ2) is 9.74. The van der Waals surface area contributed by atoms with Crippen molar-refractivity contribution in [3.63, 3.8) is 0 Å². The first-order chi connectivity index (χ1) is 14.3. The van der Waals surface area contributed by atoms with Crippen molar-refractivity contribution in [3.8, 4) is 0 Å². The minimum absolute atomic E-state index is 0.574. The molecule has 0 bridgehead atoms. The number of aliphatic imine (C=N–C) groups is 1. The van der Waals surface area contributed by atoms with E-state index in [1.165, 1.54) is 51.6 Å². The highest BCUT2D eigenvalue weighted by atomic mass is 15.3. The van der Waals surface area contributed by atoms with Crippen molar-refractivity contribution in [2.75, 3.05) is 63.8 Å². The lowest BCUT2D eigenvalue weighted by atomic mass is 9.73. The molecule has 0 atom stereocenters. The van der Waals surface area contributed by atoms with Gasteiger partial charge in [0, 0.05) is 64.8 Å². The summed E-state index contributed by atoms with van der Waals surface area (Å²) in [5, 5.41) is 3.55. The molecule has 160 valence electrons. The summed E-state index contributed by atoms with van der Waals surface area (Å²) in [6.45, 7) is 11.5. The summed E-state index contributed by atoms with van der Waals surface area (Å²) in [5.74, 6) is 1.98. The second-order valence-corrected chi connectivity index (χ2v) is 8.85. The molecule has 7 nitrogen and oxygen atoms in total. The van der Waals surface area contributed by atoms with Gasteiger partial charge in [0.05, 0.1) is 6.54 Å². The molecule has 0 aromatic carbocycles. The Morgan fingerprint density at radius 2 is 1.79 bits per heavy atom. The molecule has 0 unspecified atom stereocenters. The Bertz CT molecular complexity index is 648. The van der Waals surface area contributed by atoms with Crippen LogP contribution in [0.2, 0.25) is 0 Å². The zero-order chi connectivity index (χ0) is 19.9. The Morgan fingerprint density at radius 3 is 2.52 bits per heavy atom. The Balaban J connectivity index is 1.25. The Kier molecular flexibility index (Phi) is 6.85. The summed E-state index contributed by atoms with van der Waals surface area (Å²) >= 11 is 0. The van der Waals surface area contributed by atoms with Gasteiger partial charge in [0.25, 0.3) is 0 Å². The van der Waals surface area contributed by atoms with Gasteiger partial charge in [-0.15, -0.1) is 0 Å². The fraction of sp³-hybridized carbons (Fsp3) is 0.773. The van der Waals surface area contributed by atoms with E-state index in [-0.39, 0.29) is 0 Å². The van der Waals surface area contributed by atoms with Crippen molar-refractivity contribution in [1.82, 2.24) is 25.1 Å². The second-order valence-electron chi connectivity index (χ2n) is 8.85. The molecule has 7 heteroatoms. The standard InChI is InChI=1S/C22H37N7/c1-2-23-20(29-13-9-22(19-29)7-4-3-5-8-22)26-12-14-27-15-17-28(18-16-27)21-24-10-6-11-25-21/h6,10-11H,2-5,7-9,12-19H2,1H3,(H,23,26). The van der Waals surface area contributed by atoms with E-state index in [0.29, 0.717) is 5.41 Å². The zero-order valence-corrected chi connectivity index (χ0v) is 18.0. The normalized spacial score (nSPS) is 23.0. The molecule has 1 spiro atoms. The predicted molar refractivity (Wildman–Crippen MR) is 118 cm³/mol. The van der Waals surface area contributed by atoms with Crippen molar-refractivity contribution >= 4 is 11.9 Å². The molecule has 3 heterocycles. The summed E-state index contributed by atoms with van der Waals surface area (Å²) < 4.78 is 0. The van der Waals surface area contributed by atoms with E-state index >= 15 is 0 Å². The number of hydrogen-bond donors (Lipinski definition) is 1. The molecule has 29 heavy (non-hydrogen) atoms.